The van der Waals surface area contributed by atoms with Gasteiger partial charge in [0.2, 0.25) is 10.0 Å². The Morgan fingerprint density at radius 2 is 1.86 bits per heavy atom. The van der Waals surface area contributed by atoms with Gasteiger partial charge in [-0.2, -0.15) is 4.31 Å². The molecule has 118 valence electrons. The molecule has 2 rings (SSSR count). The smallest absolute Gasteiger partial charge is 0.289 e. The van der Waals surface area contributed by atoms with Crippen molar-refractivity contribution in [2.75, 3.05) is 20.1 Å². The van der Waals surface area contributed by atoms with E-state index in [4.69, 9.17) is 0 Å². The van der Waals surface area contributed by atoms with Crippen LogP contribution in [0.4, 0.5) is 5.69 Å². The minimum absolute atomic E-state index is 0. The number of halogens is 1. The molecule has 0 amide bonds. The molecule has 1 aromatic carbocycles. The van der Waals surface area contributed by atoms with Crippen LogP contribution in [0.3, 0.4) is 0 Å². The predicted molar refractivity (Wildman–Crippen MR) is 81.2 cm³/mol. The molecule has 1 aliphatic rings. The number of nitrogens with zero attached hydrogens (tertiary/aromatic N) is 2. The zero-order valence-electron chi connectivity index (χ0n) is 11.6. The maximum Gasteiger partial charge on any atom is 0.289 e. The Labute approximate surface area is 129 Å². The summed E-state index contributed by atoms with van der Waals surface area (Å²) in [5.41, 5.74) is -0.381. The molecule has 0 spiro atoms. The maximum atomic E-state index is 12.6. The van der Waals surface area contributed by atoms with Gasteiger partial charge in [0.05, 0.1) is 4.92 Å². The van der Waals surface area contributed by atoms with Crippen molar-refractivity contribution in [2.45, 2.75) is 23.8 Å². The number of sulfonamides is 1. The van der Waals surface area contributed by atoms with E-state index in [1.165, 1.54) is 35.6 Å². The third-order valence-electron chi connectivity index (χ3n) is 3.54. The third-order valence-corrected chi connectivity index (χ3v) is 5.50. The first-order valence-electron chi connectivity index (χ1n) is 6.37. The Hall–Kier alpha value is -1.22. The number of hydrogen-bond donors (Lipinski definition) is 1. The summed E-state index contributed by atoms with van der Waals surface area (Å²) in [6.45, 7) is 1.50. The molecule has 0 radical (unpaired) electrons. The fourth-order valence-electron chi connectivity index (χ4n) is 2.35. The first-order chi connectivity index (χ1) is 9.44. The van der Waals surface area contributed by atoms with Crippen LogP contribution >= 0.6 is 12.4 Å². The molecule has 1 saturated heterocycles. The predicted octanol–water partition coefficient (Wildman–Crippen LogP) is 1.39. The summed E-state index contributed by atoms with van der Waals surface area (Å²) in [7, 11) is -2.36. The number of nitro benzene ring substituents is 1. The van der Waals surface area contributed by atoms with Crippen LogP contribution in [0.5, 0.6) is 0 Å². The van der Waals surface area contributed by atoms with Gasteiger partial charge in [0.1, 0.15) is 0 Å². The van der Waals surface area contributed by atoms with Gasteiger partial charge in [-0.1, -0.05) is 12.1 Å². The van der Waals surface area contributed by atoms with Crippen molar-refractivity contribution in [1.82, 2.24) is 9.62 Å². The molecule has 1 N–H and O–H groups in total. The summed E-state index contributed by atoms with van der Waals surface area (Å²) in [6.07, 6.45) is 1.41. The molecular formula is C12H18ClN3O4S. The van der Waals surface area contributed by atoms with E-state index in [0.29, 0.717) is 12.8 Å². The normalized spacial score (nSPS) is 16.5. The number of rotatable bonds is 4. The second-order valence-corrected chi connectivity index (χ2v) is 6.69. The van der Waals surface area contributed by atoms with Gasteiger partial charge in [-0.05, 0) is 32.0 Å². The van der Waals surface area contributed by atoms with E-state index in [-0.39, 0.29) is 29.0 Å². The average molecular weight is 336 g/mol. The van der Waals surface area contributed by atoms with Crippen molar-refractivity contribution in [3.05, 3.63) is 34.4 Å². The van der Waals surface area contributed by atoms with Crippen LogP contribution in [-0.2, 0) is 10.0 Å². The molecule has 0 unspecified atom stereocenters. The van der Waals surface area contributed by atoms with Gasteiger partial charge in [-0.15, -0.1) is 12.4 Å². The van der Waals surface area contributed by atoms with Gasteiger partial charge in [0, 0.05) is 19.2 Å². The first kappa shape index (κ1) is 17.8. The quantitative estimate of drug-likeness (QED) is 0.663. The molecule has 21 heavy (non-hydrogen) atoms. The summed E-state index contributed by atoms with van der Waals surface area (Å²) in [5.74, 6) is 0. The molecule has 1 heterocycles. The van der Waals surface area contributed by atoms with E-state index in [1.807, 2.05) is 0 Å². The van der Waals surface area contributed by atoms with Crippen molar-refractivity contribution in [2.24, 2.45) is 0 Å². The number of piperidine rings is 1. The number of hydrogen-bond acceptors (Lipinski definition) is 5. The summed E-state index contributed by atoms with van der Waals surface area (Å²) in [5, 5.41) is 14.1. The Kier molecular flexibility index (Phi) is 6.09. The summed E-state index contributed by atoms with van der Waals surface area (Å²) < 4.78 is 26.4. The van der Waals surface area contributed by atoms with Gasteiger partial charge >= 0.3 is 0 Å². The Bertz CT molecular complexity index is 602. The molecule has 1 aromatic rings. The molecule has 7 nitrogen and oxygen atoms in total. The van der Waals surface area contributed by atoms with Crippen molar-refractivity contribution in [1.29, 1.82) is 0 Å². The standard InChI is InChI=1S/C12H17N3O4S.ClH/c1-14(10-6-8-13-9-7-10)20(18,19)12-5-3-2-4-11(12)15(16)17;/h2-5,10,13H,6-9H2,1H3;1H. The van der Waals surface area contributed by atoms with E-state index in [0.717, 1.165) is 13.1 Å². The van der Waals surface area contributed by atoms with Crippen LogP contribution < -0.4 is 5.32 Å². The number of para-hydroxylation sites is 1. The van der Waals surface area contributed by atoms with E-state index in [2.05, 4.69) is 5.32 Å². The highest BCUT2D eigenvalue weighted by atomic mass is 35.5. The van der Waals surface area contributed by atoms with Crippen molar-refractivity contribution in [3.63, 3.8) is 0 Å². The molecule has 0 bridgehead atoms. The van der Waals surface area contributed by atoms with Gasteiger partial charge in [0.25, 0.3) is 5.69 Å². The highest BCUT2D eigenvalue weighted by molar-refractivity contribution is 7.89. The number of nitro groups is 1. The first-order valence-corrected chi connectivity index (χ1v) is 7.81. The minimum atomic E-state index is -3.85. The third kappa shape index (κ3) is 3.70. The molecule has 1 aliphatic heterocycles. The molecule has 1 fully saturated rings. The van der Waals surface area contributed by atoms with Crippen molar-refractivity contribution < 1.29 is 13.3 Å². The van der Waals surface area contributed by atoms with E-state index in [9.17, 15) is 18.5 Å². The van der Waals surface area contributed by atoms with Gasteiger partial charge < -0.3 is 5.32 Å². The summed E-state index contributed by atoms with van der Waals surface area (Å²) in [6, 6.07) is 5.33. The second-order valence-electron chi connectivity index (χ2n) is 4.73. The van der Waals surface area contributed by atoms with Crippen LogP contribution in [0.25, 0.3) is 0 Å². The minimum Gasteiger partial charge on any atom is -0.317 e. The fourth-order valence-corrected chi connectivity index (χ4v) is 3.92. The SMILES string of the molecule is CN(C1CCNCC1)S(=O)(=O)c1ccccc1[N+](=O)[O-].Cl. The fraction of sp³-hybridized carbons (Fsp3) is 0.500. The molecule has 0 aliphatic carbocycles. The average Bonchev–Trinajstić information content (AvgIpc) is 2.47. The van der Waals surface area contributed by atoms with Gasteiger partial charge in [0.15, 0.2) is 4.90 Å². The highest BCUT2D eigenvalue weighted by Crippen LogP contribution is 2.27. The van der Waals surface area contributed by atoms with Crippen molar-refractivity contribution in [3.8, 4) is 0 Å². The molecule has 0 aromatic heterocycles. The van der Waals surface area contributed by atoms with E-state index >= 15 is 0 Å². The lowest BCUT2D eigenvalue weighted by Gasteiger charge is -2.30. The van der Waals surface area contributed by atoms with E-state index in [1.54, 1.807) is 0 Å². The molecule has 0 atom stereocenters. The Morgan fingerprint density at radius 1 is 1.29 bits per heavy atom. The lowest BCUT2D eigenvalue weighted by atomic mass is 10.1. The summed E-state index contributed by atoms with van der Waals surface area (Å²) >= 11 is 0. The topological polar surface area (TPSA) is 92.6 Å². The molecular weight excluding hydrogens is 318 g/mol. The molecule has 0 saturated carbocycles. The van der Waals surface area contributed by atoms with Crippen LogP contribution in [0.1, 0.15) is 12.8 Å². The second kappa shape index (κ2) is 7.17. The Balaban J connectivity index is 0.00000220. The largest absolute Gasteiger partial charge is 0.317 e. The monoisotopic (exact) mass is 335 g/mol. The summed E-state index contributed by atoms with van der Waals surface area (Å²) in [4.78, 5) is 10.1. The van der Waals surface area contributed by atoms with Gasteiger partial charge in [-0.25, -0.2) is 8.42 Å². The highest BCUT2D eigenvalue weighted by Gasteiger charge is 2.33. The molecule has 9 heteroatoms. The zero-order valence-corrected chi connectivity index (χ0v) is 13.2. The van der Waals surface area contributed by atoms with Crippen LogP contribution in [-0.4, -0.2) is 43.8 Å². The van der Waals surface area contributed by atoms with Crippen molar-refractivity contribution >= 4 is 28.1 Å². The maximum absolute atomic E-state index is 12.6. The van der Waals surface area contributed by atoms with Gasteiger partial charge in [-0.3, -0.25) is 10.1 Å². The van der Waals surface area contributed by atoms with Crippen LogP contribution in [0.15, 0.2) is 29.2 Å². The van der Waals surface area contributed by atoms with Crippen LogP contribution in [0, 0.1) is 10.1 Å². The Morgan fingerprint density at radius 3 is 2.43 bits per heavy atom. The lowest BCUT2D eigenvalue weighted by Crippen LogP contribution is -2.43. The number of benzene rings is 1. The zero-order chi connectivity index (χ0) is 14.8. The van der Waals surface area contributed by atoms with E-state index < -0.39 is 14.9 Å². The van der Waals surface area contributed by atoms with Crippen LogP contribution in [0.2, 0.25) is 0 Å². The number of nitrogens with one attached hydrogen (secondary N) is 1. The lowest BCUT2D eigenvalue weighted by molar-refractivity contribution is -0.387.